The van der Waals surface area contributed by atoms with Gasteiger partial charge in [0, 0.05) is 18.9 Å². The number of carbonyl (C=O) groups is 1. The van der Waals surface area contributed by atoms with Gasteiger partial charge in [0.25, 0.3) is 0 Å². The lowest BCUT2D eigenvalue weighted by molar-refractivity contribution is -0.138. The van der Waals surface area contributed by atoms with Crippen molar-refractivity contribution in [1.82, 2.24) is 0 Å². The first-order valence-electron chi connectivity index (χ1n) is 4.90. The third-order valence-corrected chi connectivity index (χ3v) is 1.84. The first-order chi connectivity index (χ1) is 7.17. The van der Waals surface area contributed by atoms with Crippen molar-refractivity contribution in [1.29, 1.82) is 0 Å². The summed E-state index contributed by atoms with van der Waals surface area (Å²) in [6, 6.07) is 3.62. The minimum absolute atomic E-state index is 0.0499. The van der Waals surface area contributed by atoms with E-state index in [2.05, 4.69) is 0 Å². The molecule has 1 rings (SSSR count). The van der Waals surface area contributed by atoms with Gasteiger partial charge in [-0.05, 0) is 25.1 Å². The van der Waals surface area contributed by atoms with Crippen molar-refractivity contribution in [3.63, 3.8) is 0 Å². The molecule has 0 amide bonds. The number of aryl methyl sites for hydroxylation is 1. The van der Waals surface area contributed by atoms with Crippen LogP contribution >= 0.6 is 0 Å². The second-order valence-corrected chi connectivity index (χ2v) is 2.98. The second-order valence-electron chi connectivity index (χ2n) is 2.98. The fourth-order valence-corrected chi connectivity index (χ4v) is 1.09. The van der Waals surface area contributed by atoms with E-state index in [0.717, 1.165) is 12.2 Å². The molecule has 80 valence electrons. The van der Waals surface area contributed by atoms with E-state index in [1.54, 1.807) is 13.0 Å². The normalized spacial score (nSPS) is 11.5. The van der Waals surface area contributed by atoms with Crippen LogP contribution in [0.5, 0.6) is 0 Å². The zero-order valence-corrected chi connectivity index (χ0v) is 8.95. The summed E-state index contributed by atoms with van der Waals surface area (Å²) in [5.41, 5.74) is 0.0499. The number of hydrogen-bond donors (Lipinski definition) is 0. The lowest BCUT2D eigenvalue weighted by Crippen LogP contribution is -2.04. The summed E-state index contributed by atoms with van der Waals surface area (Å²) < 4.78 is 10.1. The summed E-state index contributed by atoms with van der Waals surface area (Å²) in [5, 5.41) is 0. The number of esters is 1. The Labute approximate surface area is 89.7 Å². The van der Waals surface area contributed by atoms with E-state index in [9.17, 15) is 4.79 Å². The number of hydrogen-bond acceptors (Lipinski definition) is 3. The maximum atomic E-state index is 11.2. The lowest BCUT2D eigenvalue weighted by atomic mass is 10.2. The zero-order valence-electron chi connectivity index (χ0n) is 8.95. The molecule has 0 aliphatic heterocycles. The van der Waals surface area contributed by atoms with Crippen molar-refractivity contribution >= 4 is 12.0 Å². The van der Waals surface area contributed by atoms with Gasteiger partial charge in [-0.2, -0.15) is 0 Å². The fourth-order valence-electron chi connectivity index (χ4n) is 1.09. The van der Waals surface area contributed by atoms with Crippen molar-refractivity contribution < 1.29 is 13.9 Å². The van der Waals surface area contributed by atoms with E-state index in [4.69, 9.17) is 16.1 Å². The molecule has 15 heavy (non-hydrogen) atoms. The molecule has 0 N–H and O–H groups in total. The van der Waals surface area contributed by atoms with Gasteiger partial charge in [0.15, 0.2) is 0 Å². The van der Waals surface area contributed by atoms with Crippen LogP contribution in [0.15, 0.2) is 22.1 Å². The predicted octanol–water partition coefficient (Wildman–Crippen LogP) is 2.50. The molecule has 1 aromatic rings. The minimum atomic E-state index is -0.521. The van der Waals surface area contributed by atoms with Crippen LogP contribution in [0.25, 0.3) is 6.08 Å². The summed E-state index contributed by atoms with van der Waals surface area (Å²) in [5.74, 6) is 0.905. The molecule has 0 fully saturated rings. The van der Waals surface area contributed by atoms with Crippen LogP contribution in [0.2, 0.25) is 0 Å². The highest BCUT2D eigenvalue weighted by Crippen LogP contribution is 2.12. The Hall–Kier alpha value is -1.51. The highest BCUT2D eigenvalue weighted by Gasteiger charge is 2.06. The molecule has 1 heterocycles. The molecule has 0 bridgehead atoms. The molecule has 2 radical (unpaired) electrons. The number of ether oxygens (including phenoxy) is 1. The number of rotatable bonds is 4. The Morgan fingerprint density at radius 1 is 1.53 bits per heavy atom. The van der Waals surface area contributed by atoms with Crippen molar-refractivity contribution in [2.24, 2.45) is 0 Å². The summed E-state index contributed by atoms with van der Waals surface area (Å²) in [6.45, 7) is 9.54. The Morgan fingerprint density at radius 3 is 2.80 bits per heavy atom. The standard InChI is InChI=1S/C12H14O3/c1-4-10-6-7-11(15-10)8-9(3)12(13)14-5-2/h3,6-8H,4-5H2,1-2H3/b9-8+. The third-order valence-electron chi connectivity index (χ3n) is 1.84. The lowest BCUT2D eigenvalue weighted by Gasteiger charge is -1.99. The van der Waals surface area contributed by atoms with Gasteiger partial charge >= 0.3 is 5.97 Å². The summed E-state index contributed by atoms with van der Waals surface area (Å²) >= 11 is 0. The van der Waals surface area contributed by atoms with Crippen molar-refractivity contribution in [2.75, 3.05) is 6.61 Å². The molecule has 0 saturated heterocycles. The molecule has 0 atom stereocenters. The average molecular weight is 206 g/mol. The molecular formula is C12H14O3. The topological polar surface area (TPSA) is 39.4 Å². The minimum Gasteiger partial charge on any atom is -0.463 e. The predicted molar refractivity (Wildman–Crippen MR) is 57.0 cm³/mol. The smallest absolute Gasteiger partial charge is 0.334 e. The van der Waals surface area contributed by atoms with Crippen molar-refractivity contribution in [3.8, 4) is 0 Å². The highest BCUT2D eigenvalue weighted by molar-refractivity contribution is 5.94. The zero-order chi connectivity index (χ0) is 11.3. The van der Waals surface area contributed by atoms with E-state index in [1.807, 2.05) is 13.0 Å². The molecule has 0 spiro atoms. The molecule has 3 nitrogen and oxygen atoms in total. The highest BCUT2D eigenvalue weighted by atomic mass is 16.5. The quantitative estimate of drug-likeness (QED) is 0.561. The molecule has 3 heteroatoms. The third kappa shape index (κ3) is 3.27. The van der Waals surface area contributed by atoms with Crippen LogP contribution in [0, 0.1) is 6.92 Å². The Bertz CT molecular complexity index is 361. The van der Waals surface area contributed by atoms with E-state index in [1.165, 1.54) is 6.08 Å². The van der Waals surface area contributed by atoms with E-state index in [-0.39, 0.29) is 5.57 Å². The molecule has 0 aliphatic carbocycles. The van der Waals surface area contributed by atoms with Crippen molar-refractivity contribution in [3.05, 3.63) is 36.2 Å². The van der Waals surface area contributed by atoms with Crippen LogP contribution in [0.3, 0.4) is 0 Å². The maximum Gasteiger partial charge on any atom is 0.334 e. The van der Waals surface area contributed by atoms with Crippen molar-refractivity contribution in [2.45, 2.75) is 20.3 Å². The van der Waals surface area contributed by atoms with Gasteiger partial charge in [0.05, 0.1) is 6.61 Å². The fraction of sp³-hybridized carbons (Fsp3) is 0.333. The molecule has 0 unspecified atom stereocenters. The Kier molecular flexibility index (Phi) is 4.16. The molecule has 0 aliphatic rings. The number of furan rings is 1. The molecule has 1 aromatic heterocycles. The second kappa shape index (κ2) is 5.39. The summed E-state index contributed by atoms with van der Waals surface area (Å²) in [4.78, 5) is 11.2. The van der Waals surface area contributed by atoms with E-state index >= 15 is 0 Å². The van der Waals surface area contributed by atoms with Gasteiger partial charge in [-0.3, -0.25) is 0 Å². The van der Waals surface area contributed by atoms with Gasteiger partial charge in [-0.15, -0.1) is 0 Å². The van der Waals surface area contributed by atoms with E-state index in [0.29, 0.717) is 12.4 Å². The Morgan fingerprint density at radius 2 is 2.27 bits per heavy atom. The van der Waals surface area contributed by atoms with Gasteiger partial charge in [-0.1, -0.05) is 6.92 Å². The SMILES string of the molecule is [CH]/C(=C\c1ccc(CC)o1)C(=O)OCC. The Balaban J connectivity index is 2.73. The van der Waals surface area contributed by atoms with Crippen LogP contribution in [0.4, 0.5) is 0 Å². The first kappa shape index (κ1) is 11.6. The van der Waals surface area contributed by atoms with Gasteiger partial charge in [0.1, 0.15) is 11.5 Å². The van der Waals surface area contributed by atoms with Crippen LogP contribution in [-0.4, -0.2) is 12.6 Å². The molecule has 0 saturated carbocycles. The van der Waals surface area contributed by atoms with Gasteiger partial charge in [-0.25, -0.2) is 4.79 Å². The van der Waals surface area contributed by atoms with Gasteiger partial charge < -0.3 is 9.15 Å². The molecule has 0 aromatic carbocycles. The van der Waals surface area contributed by atoms with Crippen LogP contribution < -0.4 is 0 Å². The first-order valence-corrected chi connectivity index (χ1v) is 4.90. The largest absolute Gasteiger partial charge is 0.463 e. The van der Waals surface area contributed by atoms with Crippen LogP contribution in [-0.2, 0) is 16.0 Å². The monoisotopic (exact) mass is 206 g/mol. The maximum absolute atomic E-state index is 11.2. The van der Waals surface area contributed by atoms with E-state index < -0.39 is 5.97 Å². The average Bonchev–Trinajstić information content (AvgIpc) is 2.66. The summed E-state index contributed by atoms with van der Waals surface area (Å²) in [6.07, 6.45) is 2.28. The van der Waals surface area contributed by atoms with Crippen LogP contribution in [0.1, 0.15) is 25.4 Å². The molecular weight excluding hydrogens is 192 g/mol. The number of carbonyl (C=O) groups excluding carboxylic acids is 1. The summed E-state index contributed by atoms with van der Waals surface area (Å²) in [7, 11) is 0. The van der Waals surface area contributed by atoms with Gasteiger partial charge in [0.2, 0.25) is 0 Å².